The summed E-state index contributed by atoms with van der Waals surface area (Å²) >= 11 is 0. The van der Waals surface area contributed by atoms with Crippen LogP contribution in [0.3, 0.4) is 0 Å². The van der Waals surface area contributed by atoms with E-state index < -0.39 is 0 Å². The van der Waals surface area contributed by atoms with Crippen molar-refractivity contribution in [1.29, 1.82) is 0 Å². The number of imidazole rings is 1. The molecular weight excluding hydrogens is 93.9 g/mol. The first-order valence-corrected chi connectivity index (χ1v) is 1.84. The second kappa shape index (κ2) is 1.77. The summed E-state index contributed by atoms with van der Waals surface area (Å²) in [4.78, 5) is 3.58. The van der Waals surface area contributed by atoms with Gasteiger partial charge in [-0.3, -0.25) is 0 Å². The van der Waals surface area contributed by atoms with Crippen LogP contribution in [0.15, 0.2) is 18.7 Å². The fourth-order valence-corrected chi connectivity index (χ4v) is 0.327. The second-order valence-corrected chi connectivity index (χ2v) is 1.11. The Morgan fingerprint density at radius 2 is 2.57 bits per heavy atom. The highest BCUT2D eigenvalue weighted by Crippen LogP contribution is 1.78. The molecule has 0 saturated heterocycles. The molecule has 1 aromatic heterocycles. The molecule has 0 amide bonds. The minimum Gasteiger partial charge on any atom is -0.354 e. The highest BCUT2D eigenvalue weighted by molar-refractivity contribution is 6.23. The van der Waals surface area contributed by atoms with Crippen molar-refractivity contribution in [3.63, 3.8) is 0 Å². The van der Waals surface area contributed by atoms with Crippen molar-refractivity contribution < 1.29 is 4.32 Å². The van der Waals surface area contributed by atoms with Crippen molar-refractivity contribution >= 4 is 7.69 Å². The molecule has 0 aromatic carbocycles. The molecule has 0 spiro atoms. The third-order valence-corrected chi connectivity index (χ3v) is 0.638. The smallest absolute Gasteiger partial charge is 0.354 e. The molecule has 0 aliphatic carbocycles. The van der Waals surface area contributed by atoms with Gasteiger partial charge < -0.3 is 8.79 Å². The van der Waals surface area contributed by atoms with Gasteiger partial charge in [0.1, 0.15) is 0 Å². The summed E-state index contributed by atoms with van der Waals surface area (Å²) in [7, 11) is 0.438. The van der Waals surface area contributed by atoms with Gasteiger partial charge >= 0.3 is 7.69 Å². The highest BCUT2D eigenvalue weighted by atomic mass is 19.1. The normalized spacial score (nSPS) is 8.71. The van der Waals surface area contributed by atoms with Crippen LogP contribution in [0.2, 0.25) is 0 Å². The van der Waals surface area contributed by atoms with E-state index >= 15 is 0 Å². The van der Waals surface area contributed by atoms with Crippen LogP contribution in [0.5, 0.6) is 0 Å². The topological polar surface area (TPSA) is 17.8 Å². The lowest BCUT2D eigenvalue weighted by Gasteiger charge is -1.81. The Morgan fingerprint density at radius 1 is 1.71 bits per heavy atom. The maximum atomic E-state index is 11.4. The maximum absolute atomic E-state index is 11.4. The van der Waals surface area contributed by atoms with E-state index in [0.29, 0.717) is 7.69 Å². The number of hydrogen-bond acceptors (Lipinski definition) is 1. The number of halogens is 1. The van der Waals surface area contributed by atoms with E-state index in [9.17, 15) is 4.32 Å². The molecule has 1 rings (SSSR count). The first kappa shape index (κ1) is 4.37. The molecule has 1 aromatic rings. The van der Waals surface area contributed by atoms with Gasteiger partial charge in [0.25, 0.3) is 0 Å². The molecule has 0 aliphatic heterocycles. The second-order valence-electron chi connectivity index (χ2n) is 1.11. The summed E-state index contributed by atoms with van der Waals surface area (Å²) < 4.78 is 12.6. The Kier molecular flexibility index (Phi) is 1.11. The molecule has 4 heteroatoms. The van der Waals surface area contributed by atoms with Crippen LogP contribution in [0.1, 0.15) is 0 Å². The Morgan fingerprint density at radius 3 is 2.86 bits per heavy atom. The maximum Gasteiger partial charge on any atom is 0.495 e. The predicted octanol–water partition coefficient (Wildman–Crippen LogP) is 0.235. The molecule has 35 valence electrons. The summed E-state index contributed by atoms with van der Waals surface area (Å²) in [5.41, 5.74) is 0. The molecule has 0 atom stereocenters. The van der Waals surface area contributed by atoms with Crippen LogP contribution >= 0.6 is 0 Å². The molecule has 0 bridgehead atoms. The average molecular weight is 96.9 g/mol. The van der Waals surface area contributed by atoms with Gasteiger partial charge in [0.15, 0.2) is 0 Å². The van der Waals surface area contributed by atoms with Crippen molar-refractivity contribution in [3.8, 4) is 0 Å². The van der Waals surface area contributed by atoms with Crippen LogP contribution in [0.4, 0.5) is 4.32 Å². The minimum absolute atomic E-state index is 0.438. The number of nitrogens with zero attached hydrogens (tertiary/aromatic N) is 2. The number of aromatic nitrogens is 2. The van der Waals surface area contributed by atoms with Gasteiger partial charge in [-0.1, -0.05) is 0 Å². The zero-order chi connectivity index (χ0) is 5.11. The minimum atomic E-state index is 0.438. The van der Waals surface area contributed by atoms with Gasteiger partial charge in [0.05, 0.1) is 6.33 Å². The van der Waals surface area contributed by atoms with E-state index in [1.54, 1.807) is 0 Å². The number of hydrogen-bond donors (Lipinski definition) is 0. The molecule has 0 saturated carbocycles. The lowest BCUT2D eigenvalue weighted by molar-refractivity contribution is 0.833. The molecule has 7 heavy (non-hydrogen) atoms. The van der Waals surface area contributed by atoms with E-state index in [1.165, 1.54) is 23.2 Å². The lowest BCUT2D eigenvalue weighted by atomic mass is 10.3. The van der Waals surface area contributed by atoms with Crippen LogP contribution in [-0.2, 0) is 0 Å². The fourth-order valence-electron chi connectivity index (χ4n) is 0.327. The molecular formula is C3H3BFN2. The molecule has 0 fully saturated rings. The first-order valence-electron chi connectivity index (χ1n) is 1.84. The zero-order valence-corrected chi connectivity index (χ0v) is 3.58. The van der Waals surface area contributed by atoms with Crippen molar-refractivity contribution in [1.82, 2.24) is 9.46 Å². The molecule has 1 heterocycles. The summed E-state index contributed by atoms with van der Waals surface area (Å²) in [6.45, 7) is 0. The monoisotopic (exact) mass is 97.0 g/mol. The Bertz CT molecular complexity index is 127. The first-order chi connectivity index (χ1) is 3.43. The molecule has 1 radical (unpaired) electrons. The van der Waals surface area contributed by atoms with Crippen molar-refractivity contribution in [3.05, 3.63) is 18.7 Å². The lowest BCUT2D eigenvalue weighted by Crippen LogP contribution is -1.93. The Labute approximate surface area is 41.3 Å². The Balaban J connectivity index is 2.76. The van der Waals surface area contributed by atoms with E-state index in [4.69, 9.17) is 0 Å². The summed E-state index contributed by atoms with van der Waals surface area (Å²) in [6, 6.07) is 0. The van der Waals surface area contributed by atoms with Crippen LogP contribution in [0, 0.1) is 0 Å². The van der Waals surface area contributed by atoms with Gasteiger partial charge in [-0.05, 0) is 0 Å². The third-order valence-electron chi connectivity index (χ3n) is 0.638. The number of rotatable bonds is 1. The third kappa shape index (κ3) is 0.794. The Hall–Kier alpha value is -0.795. The predicted molar refractivity (Wildman–Crippen MR) is 24.5 cm³/mol. The zero-order valence-electron chi connectivity index (χ0n) is 3.58. The van der Waals surface area contributed by atoms with Crippen molar-refractivity contribution in [2.45, 2.75) is 0 Å². The van der Waals surface area contributed by atoms with Gasteiger partial charge in [0, 0.05) is 12.4 Å². The summed E-state index contributed by atoms with van der Waals surface area (Å²) in [6.07, 6.45) is 4.40. The van der Waals surface area contributed by atoms with Crippen LogP contribution in [-0.4, -0.2) is 17.2 Å². The van der Waals surface area contributed by atoms with Crippen LogP contribution < -0.4 is 0 Å². The van der Waals surface area contributed by atoms with E-state index in [2.05, 4.69) is 4.98 Å². The quantitative estimate of drug-likeness (QED) is 0.458. The fraction of sp³-hybridized carbons (Fsp3) is 0. The van der Waals surface area contributed by atoms with Gasteiger partial charge in [-0.15, -0.1) is 0 Å². The molecule has 0 unspecified atom stereocenters. The highest BCUT2D eigenvalue weighted by Gasteiger charge is 1.86. The molecule has 0 aliphatic rings. The molecule has 2 nitrogen and oxygen atoms in total. The van der Waals surface area contributed by atoms with Gasteiger partial charge in [0.2, 0.25) is 0 Å². The van der Waals surface area contributed by atoms with Crippen molar-refractivity contribution in [2.75, 3.05) is 0 Å². The SMILES string of the molecule is F[B]n1ccnc1. The van der Waals surface area contributed by atoms with E-state index in [0.717, 1.165) is 0 Å². The van der Waals surface area contributed by atoms with E-state index in [1.807, 2.05) is 0 Å². The standard InChI is InChI=1S/C3H3BFN2/c5-4-7-2-1-6-3-7/h1-3H. The van der Waals surface area contributed by atoms with Crippen LogP contribution in [0.25, 0.3) is 0 Å². The average Bonchev–Trinajstić information content (AvgIpc) is 2.14. The van der Waals surface area contributed by atoms with E-state index in [-0.39, 0.29) is 0 Å². The van der Waals surface area contributed by atoms with Crippen molar-refractivity contribution in [2.24, 2.45) is 0 Å². The molecule has 0 N–H and O–H groups in total. The van der Waals surface area contributed by atoms with Gasteiger partial charge in [-0.25, -0.2) is 4.98 Å². The summed E-state index contributed by atoms with van der Waals surface area (Å²) in [5.74, 6) is 0. The van der Waals surface area contributed by atoms with Gasteiger partial charge in [-0.2, -0.15) is 0 Å². The summed E-state index contributed by atoms with van der Waals surface area (Å²) in [5, 5.41) is 0. The largest absolute Gasteiger partial charge is 0.495 e.